The minimum atomic E-state index is -0.342. The van der Waals surface area contributed by atoms with Crippen LogP contribution in [0.25, 0.3) is 0 Å². The summed E-state index contributed by atoms with van der Waals surface area (Å²) in [5.41, 5.74) is 3.62. The second-order valence-electron chi connectivity index (χ2n) is 10.7. The monoisotopic (exact) mass is 459 g/mol. The molecule has 0 heterocycles. The highest BCUT2D eigenvalue weighted by Gasteiger charge is 2.60. The number of benzene rings is 2. The van der Waals surface area contributed by atoms with Crippen LogP contribution >= 0.6 is 0 Å². The summed E-state index contributed by atoms with van der Waals surface area (Å²) in [4.78, 5) is 28.6. The predicted octanol–water partition coefficient (Wildman–Crippen LogP) is 5.79. The second kappa shape index (κ2) is 9.20. The number of amides is 1. The lowest BCUT2D eigenvalue weighted by atomic mass is 9.54. The highest BCUT2D eigenvalue weighted by Crippen LogP contribution is 2.61. The van der Waals surface area contributed by atoms with E-state index in [0.29, 0.717) is 43.7 Å². The van der Waals surface area contributed by atoms with E-state index in [1.807, 2.05) is 36.9 Å². The Morgan fingerprint density at radius 2 is 1.85 bits per heavy atom. The van der Waals surface area contributed by atoms with Crippen molar-refractivity contribution in [2.45, 2.75) is 65.4 Å². The van der Waals surface area contributed by atoms with Crippen LogP contribution in [-0.2, 0) is 22.6 Å². The fourth-order valence-corrected chi connectivity index (χ4v) is 7.28. The number of fused-ring (bicyclic) bond motifs is 5. The molecule has 34 heavy (non-hydrogen) atoms. The molecule has 2 fully saturated rings. The summed E-state index contributed by atoms with van der Waals surface area (Å²) in [6.45, 7) is 8.23. The van der Waals surface area contributed by atoms with Gasteiger partial charge in [0.15, 0.2) is 0 Å². The van der Waals surface area contributed by atoms with Gasteiger partial charge < -0.3 is 9.64 Å². The zero-order valence-electron chi connectivity index (χ0n) is 20.8. The smallest absolute Gasteiger partial charge is 0.226 e. The normalized spacial score (nSPS) is 29.7. The standard InChI is InChI=1S/C30H37NO3/c1-4-31(5-2)29(33)26-18-27(32)30(3)16-15-24-23-14-12-22(34-19-20-9-7-6-8-10-20)17-21(23)11-13-25(24)28(26)30/h6-10,12,14,17,24-26,28H,4-5,11,13,15-16,18-19H2,1-3H3/t24-,25-,26+,28-,30-/m1/s1. The highest BCUT2D eigenvalue weighted by atomic mass is 16.5. The summed E-state index contributed by atoms with van der Waals surface area (Å²) in [5.74, 6) is 2.28. The van der Waals surface area contributed by atoms with Crippen LogP contribution in [0, 0.1) is 23.2 Å². The number of hydrogen-bond donors (Lipinski definition) is 0. The largest absolute Gasteiger partial charge is 0.489 e. The lowest BCUT2D eigenvalue weighted by Crippen LogP contribution is -2.47. The molecule has 2 aromatic rings. The molecule has 0 radical (unpaired) electrons. The third kappa shape index (κ3) is 3.85. The maximum absolute atomic E-state index is 13.5. The first kappa shape index (κ1) is 23.1. The number of ether oxygens (including phenoxy) is 1. The van der Waals surface area contributed by atoms with Crippen molar-refractivity contribution in [2.75, 3.05) is 13.1 Å². The van der Waals surface area contributed by atoms with E-state index in [4.69, 9.17) is 4.74 Å². The first-order valence-corrected chi connectivity index (χ1v) is 13.1. The second-order valence-corrected chi connectivity index (χ2v) is 10.7. The van der Waals surface area contributed by atoms with Gasteiger partial charge in [0, 0.05) is 30.8 Å². The topological polar surface area (TPSA) is 46.6 Å². The van der Waals surface area contributed by atoms with Crippen LogP contribution in [-0.4, -0.2) is 29.7 Å². The molecule has 0 unspecified atom stereocenters. The molecule has 3 aliphatic carbocycles. The molecule has 4 heteroatoms. The molecule has 5 atom stereocenters. The van der Waals surface area contributed by atoms with Crippen molar-refractivity contribution in [3.05, 3.63) is 65.2 Å². The van der Waals surface area contributed by atoms with Gasteiger partial charge in [0.05, 0.1) is 0 Å². The third-order valence-electron chi connectivity index (χ3n) is 9.07. The summed E-state index contributed by atoms with van der Waals surface area (Å²) in [6, 6.07) is 16.8. The van der Waals surface area contributed by atoms with Crippen molar-refractivity contribution < 1.29 is 14.3 Å². The van der Waals surface area contributed by atoms with Crippen LogP contribution < -0.4 is 4.74 Å². The van der Waals surface area contributed by atoms with E-state index in [2.05, 4.69) is 37.3 Å². The first-order valence-electron chi connectivity index (χ1n) is 13.1. The molecule has 2 aromatic carbocycles. The molecular formula is C30H37NO3. The van der Waals surface area contributed by atoms with Crippen LogP contribution in [0.5, 0.6) is 5.75 Å². The van der Waals surface area contributed by atoms with Crippen LogP contribution in [0.1, 0.15) is 69.1 Å². The van der Waals surface area contributed by atoms with E-state index in [1.54, 1.807) is 0 Å². The van der Waals surface area contributed by atoms with Crippen LogP contribution in [0.3, 0.4) is 0 Å². The molecule has 0 spiro atoms. The quantitative estimate of drug-likeness (QED) is 0.550. The maximum atomic E-state index is 13.5. The van der Waals surface area contributed by atoms with E-state index in [9.17, 15) is 9.59 Å². The fraction of sp³-hybridized carbons (Fsp3) is 0.533. The van der Waals surface area contributed by atoms with Gasteiger partial charge in [-0.3, -0.25) is 9.59 Å². The van der Waals surface area contributed by atoms with Crippen molar-refractivity contribution in [3.63, 3.8) is 0 Å². The molecule has 0 aliphatic heterocycles. The molecule has 2 saturated carbocycles. The molecule has 0 saturated heterocycles. The van der Waals surface area contributed by atoms with E-state index in [1.165, 1.54) is 16.7 Å². The molecule has 4 nitrogen and oxygen atoms in total. The van der Waals surface area contributed by atoms with Gasteiger partial charge in [0.25, 0.3) is 0 Å². The fourth-order valence-electron chi connectivity index (χ4n) is 7.28. The maximum Gasteiger partial charge on any atom is 0.226 e. The van der Waals surface area contributed by atoms with Gasteiger partial charge in [-0.2, -0.15) is 0 Å². The van der Waals surface area contributed by atoms with Gasteiger partial charge in [0.1, 0.15) is 18.1 Å². The van der Waals surface area contributed by atoms with Crippen molar-refractivity contribution in [1.29, 1.82) is 0 Å². The van der Waals surface area contributed by atoms with E-state index in [-0.39, 0.29) is 23.2 Å². The number of ketones is 1. The minimum Gasteiger partial charge on any atom is -0.489 e. The molecular weight excluding hydrogens is 422 g/mol. The molecule has 0 N–H and O–H groups in total. The van der Waals surface area contributed by atoms with Gasteiger partial charge in [0.2, 0.25) is 5.91 Å². The molecule has 0 aromatic heterocycles. The van der Waals surface area contributed by atoms with Gasteiger partial charge in [-0.05, 0) is 86.1 Å². The van der Waals surface area contributed by atoms with Crippen LogP contribution in [0.15, 0.2) is 48.5 Å². The average Bonchev–Trinajstić information content (AvgIpc) is 3.14. The Morgan fingerprint density at radius 1 is 1.09 bits per heavy atom. The van der Waals surface area contributed by atoms with Gasteiger partial charge in [-0.1, -0.05) is 43.3 Å². The minimum absolute atomic E-state index is 0.153. The zero-order chi connectivity index (χ0) is 23.9. The van der Waals surface area contributed by atoms with Crippen molar-refractivity contribution in [2.24, 2.45) is 23.2 Å². The van der Waals surface area contributed by atoms with Crippen LogP contribution in [0.4, 0.5) is 0 Å². The van der Waals surface area contributed by atoms with E-state index in [0.717, 1.165) is 31.4 Å². The lowest BCUT2D eigenvalue weighted by Gasteiger charge is -2.49. The summed E-state index contributed by atoms with van der Waals surface area (Å²) in [7, 11) is 0. The number of rotatable bonds is 6. The van der Waals surface area contributed by atoms with E-state index >= 15 is 0 Å². The first-order chi connectivity index (χ1) is 16.5. The summed E-state index contributed by atoms with van der Waals surface area (Å²) in [5, 5.41) is 0. The Labute approximate surface area is 203 Å². The predicted molar refractivity (Wildman–Crippen MR) is 134 cm³/mol. The number of hydrogen-bond acceptors (Lipinski definition) is 3. The Balaban J connectivity index is 1.39. The van der Waals surface area contributed by atoms with Gasteiger partial charge >= 0.3 is 0 Å². The molecule has 180 valence electrons. The Morgan fingerprint density at radius 3 is 2.59 bits per heavy atom. The Kier molecular flexibility index (Phi) is 6.26. The molecule has 3 aliphatic rings. The summed E-state index contributed by atoms with van der Waals surface area (Å²) < 4.78 is 6.10. The van der Waals surface area contributed by atoms with E-state index < -0.39 is 0 Å². The molecule has 1 amide bonds. The average molecular weight is 460 g/mol. The zero-order valence-corrected chi connectivity index (χ0v) is 20.8. The summed E-state index contributed by atoms with van der Waals surface area (Å²) in [6.07, 6.45) is 4.40. The number of nitrogens with zero attached hydrogens (tertiary/aromatic N) is 1. The lowest BCUT2D eigenvalue weighted by molar-refractivity contribution is -0.139. The number of Topliss-reactive ketones (excluding diaryl/α,β-unsaturated/α-hetero) is 1. The summed E-state index contributed by atoms with van der Waals surface area (Å²) >= 11 is 0. The van der Waals surface area contributed by atoms with Crippen molar-refractivity contribution in [1.82, 2.24) is 4.90 Å². The van der Waals surface area contributed by atoms with Crippen LogP contribution in [0.2, 0.25) is 0 Å². The molecule has 0 bridgehead atoms. The van der Waals surface area contributed by atoms with Crippen molar-refractivity contribution >= 4 is 11.7 Å². The number of carbonyl (C=O) groups is 2. The number of aryl methyl sites for hydroxylation is 1. The number of carbonyl (C=O) groups excluding carboxylic acids is 2. The Hall–Kier alpha value is -2.62. The van der Waals surface area contributed by atoms with Gasteiger partial charge in [-0.25, -0.2) is 0 Å². The third-order valence-corrected chi connectivity index (χ3v) is 9.07. The Bertz CT molecular complexity index is 1060. The van der Waals surface area contributed by atoms with Gasteiger partial charge in [-0.15, -0.1) is 0 Å². The van der Waals surface area contributed by atoms with Crippen molar-refractivity contribution in [3.8, 4) is 5.75 Å². The molecule has 5 rings (SSSR count). The highest BCUT2D eigenvalue weighted by molar-refractivity contribution is 5.94. The SMILES string of the molecule is CCN(CC)C(=O)[C@H]1CC(=O)[C@@]2(C)CC[C@@H]3c4ccc(OCc5ccccc5)cc4CC[C@H]3[C@H]12.